The van der Waals surface area contributed by atoms with Crippen molar-refractivity contribution in [1.82, 2.24) is 9.55 Å². The van der Waals surface area contributed by atoms with Crippen LogP contribution in [-0.2, 0) is 27.2 Å². The molecule has 30 heavy (non-hydrogen) atoms. The Labute approximate surface area is 175 Å². The molecule has 0 aliphatic carbocycles. The van der Waals surface area contributed by atoms with Gasteiger partial charge < -0.3 is 23.7 Å². The van der Waals surface area contributed by atoms with Gasteiger partial charge in [-0.3, -0.25) is 4.57 Å². The Bertz CT molecular complexity index is 920. The van der Waals surface area contributed by atoms with Gasteiger partial charge in [-0.2, -0.15) is 4.98 Å². The number of aromatic nitrogens is 2. The Morgan fingerprint density at radius 2 is 2.10 bits per heavy atom. The molecule has 8 nitrogen and oxygen atoms in total. The average Bonchev–Trinajstić information content (AvgIpc) is 2.75. The number of benzene rings is 1. The lowest BCUT2D eigenvalue weighted by Crippen LogP contribution is -2.34. The molecule has 0 saturated carbocycles. The minimum absolute atomic E-state index is 0.147. The predicted octanol–water partition coefficient (Wildman–Crippen LogP) is 2.06. The fourth-order valence-corrected chi connectivity index (χ4v) is 3.60. The van der Waals surface area contributed by atoms with Gasteiger partial charge in [0, 0.05) is 18.2 Å². The number of hydrogen-bond donors (Lipinski definition) is 0. The minimum Gasteiger partial charge on any atom is -0.491 e. The fourth-order valence-electron chi connectivity index (χ4n) is 3.60. The molecule has 2 aliphatic heterocycles. The van der Waals surface area contributed by atoms with E-state index in [4.69, 9.17) is 23.7 Å². The van der Waals surface area contributed by atoms with Crippen molar-refractivity contribution in [2.45, 2.75) is 39.0 Å². The zero-order chi connectivity index (χ0) is 20.9. The maximum Gasteiger partial charge on any atom is 0.351 e. The summed E-state index contributed by atoms with van der Waals surface area (Å²) in [6.07, 6.45) is 0.789. The third kappa shape index (κ3) is 5.00. The molecule has 2 aromatic rings. The third-order valence-corrected chi connectivity index (χ3v) is 5.05. The quantitative estimate of drug-likeness (QED) is 0.610. The van der Waals surface area contributed by atoms with E-state index in [-0.39, 0.29) is 17.9 Å². The first kappa shape index (κ1) is 20.8. The fraction of sp³-hybridized carbons (Fsp3) is 0.545. The second kappa shape index (κ2) is 9.59. The van der Waals surface area contributed by atoms with Crippen LogP contribution in [0.5, 0.6) is 11.6 Å². The van der Waals surface area contributed by atoms with Crippen molar-refractivity contribution in [2.75, 3.05) is 39.6 Å². The molecule has 0 amide bonds. The SMILES string of the molecule is CC(C)OCCOc1ccc2c(c1)CCn1c-2cc(OC[C@H]2COCCO2)nc1=O. The maximum absolute atomic E-state index is 12.5. The molecule has 0 spiro atoms. The van der Waals surface area contributed by atoms with E-state index in [0.29, 0.717) is 52.1 Å². The van der Waals surface area contributed by atoms with Gasteiger partial charge in [-0.25, -0.2) is 4.79 Å². The Hall–Kier alpha value is -2.42. The van der Waals surface area contributed by atoms with E-state index in [2.05, 4.69) is 4.98 Å². The van der Waals surface area contributed by atoms with Crippen molar-refractivity contribution < 1.29 is 23.7 Å². The molecule has 2 aliphatic rings. The zero-order valence-corrected chi connectivity index (χ0v) is 17.5. The van der Waals surface area contributed by atoms with E-state index in [1.165, 1.54) is 0 Å². The molecule has 1 saturated heterocycles. The van der Waals surface area contributed by atoms with Gasteiger partial charge in [0.25, 0.3) is 0 Å². The molecule has 162 valence electrons. The Balaban J connectivity index is 1.47. The van der Waals surface area contributed by atoms with Gasteiger partial charge in [0.05, 0.1) is 38.2 Å². The number of nitrogens with zero attached hydrogens (tertiary/aromatic N) is 2. The van der Waals surface area contributed by atoms with Crippen LogP contribution in [0.1, 0.15) is 19.4 Å². The Morgan fingerprint density at radius 1 is 1.20 bits per heavy atom. The number of fused-ring (bicyclic) bond motifs is 3. The Morgan fingerprint density at radius 3 is 2.90 bits per heavy atom. The highest BCUT2D eigenvalue weighted by Crippen LogP contribution is 2.32. The van der Waals surface area contributed by atoms with Gasteiger partial charge in [-0.1, -0.05) is 0 Å². The molecular formula is C22H28N2O6. The van der Waals surface area contributed by atoms with Gasteiger partial charge in [-0.15, -0.1) is 0 Å². The second-order valence-electron chi connectivity index (χ2n) is 7.63. The van der Waals surface area contributed by atoms with Crippen LogP contribution in [0.4, 0.5) is 0 Å². The van der Waals surface area contributed by atoms with Crippen LogP contribution in [0, 0.1) is 0 Å². The van der Waals surface area contributed by atoms with Crippen LogP contribution in [0.2, 0.25) is 0 Å². The third-order valence-electron chi connectivity index (χ3n) is 5.05. The molecule has 8 heteroatoms. The summed E-state index contributed by atoms with van der Waals surface area (Å²) in [6, 6.07) is 7.76. The van der Waals surface area contributed by atoms with Gasteiger partial charge in [0.2, 0.25) is 5.88 Å². The highest BCUT2D eigenvalue weighted by molar-refractivity contribution is 5.67. The highest BCUT2D eigenvalue weighted by Gasteiger charge is 2.21. The normalized spacial score (nSPS) is 18.0. The zero-order valence-electron chi connectivity index (χ0n) is 17.5. The van der Waals surface area contributed by atoms with E-state index in [1.54, 1.807) is 4.57 Å². The Kier molecular flexibility index (Phi) is 6.66. The summed E-state index contributed by atoms with van der Waals surface area (Å²) in [7, 11) is 0. The van der Waals surface area contributed by atoms with Crippen LogP contribution in [0.15, 0.2) is 29.1 Å². The first-order valence-electron chi connectivity index (χ1n) is 10.4. The summed E-state index contributed by atoms with van der Waals surface area (Å²) >= 11 is 0. The topological polar surface area (TPSA) is 81.0 Å². The van der Waals surface area contributed by atoms with E-state index in [9.17, 15) is 4.79 Å². The summed E-state index contributed by atoms with van der Waals surface area (Å²) in [6.45, 7) is 7.57. The van der Waals surface area contributed by atoms with Crippen LogP contribution in [0.25, 0.3) is 11.3 Å². The van der Waals surface area contributed by atoms with Crippen molar-refractivity contribution in [3.8, 4) is 22.9 Å². The molecule has 1 aromatic carbocycles. The molecule has 0 unspecified atom stereocenters. The lowest BCUT2D eigenvalue weighted by Gasteiger charge is -2.24. The first-order valence-corrected chi connectivity index (χ1v) is 10.4. The monoisotopic (exact) mass is 416 g/mol. The lowest BCUT2D eigenvalue weighted by molar-refractivity contribution is -0.102. The van der Waals surface area contributed by atoms with Gasteiger partial charge in [0.1, 0.15) is 25.1 Å². The molecular weight excluding hydrogens is 388 g/mol. The van der Waals surface area contributed by atoms with Crippen LogP contribution < -0.4 is 15.2 Å². The first-order chi connectivity index (χ1) is 14.6. The molecule has 1 aromatic heterocycles. The molecule has 1 fully saturated rings. The molecule has 0 radical (unpaired) electrons. The second-order valence-corrected chi connectivity index (χ2v) is 7.63. The minimum atomic E-state index is -0.305. The molecule has 3 heterocycles. The molecule has 4 rings (SSSR count). The van der Waals surface area contributed by atoms with Crippen molar-refractivity contribution in [3.05, 3.63) is 40.3 Å². The van der Waals surface area contributed by atoms with E-state index < -0.39 is 0 Å². The lowest BCUT2D eigenvalue weighted by atomic mass is 9.97. The van der Waals surface area contributed by atoms with E-state index in [0.717, 1.165) is 29.0 Å². The van der Waals surface area contributed by atoms with Gasteiger partial charge in [0.15, 0.2) is 0 Å². The van der Waals surface area contributed by atoms with Crippen LogP contribution >= 0.6 is 0 Å². The maximum atomic E-state index is 12.5. The summed E-state index contributed by atoms with van der Waals surface area (Å²) < 4.78 is 29.7. The van der Waals surface area contributed by atoms with Crippen molar-refractivity contribution >= 4 is 0 Å². The summed E-state index contributed by atoms with van der Waals surface area (Å²) in [5, 5.41) is 0. The van der Waals surface area contributed by atoms with Crippen LogP contribution in [0.3, 0.4) is 0 Å². The predicted molar refractivity (Wildman–Crippen MR) is 110 cm³/mol. The largest absolute Gasteiger partial charge is 0.491 e. The number of ether oxygens (including phenoxy) is 5. The number of rotatable bonds is 8. The van der Waals surface area contributed by atoms with Gasteiger partial charge in [-0.05, 0) is 44.0 Å². The summed E-state index contributed by atoms with van der Waals surface area (Å²) in [5.74, 6) is 1.11. The van der Waals surface area contributed by atoms with Crippen molar-refractivity contribution in [1.29, 1.82) is 0 Å². The van der Waals surface area contributed by atoms with Gasteiger partial charge >= 0.3 is 5.69 Å². The summed E-state index contributed by atoms with van der Waals surface area (Å²) in [5.41, 5.74) is 2.63. The molecule has 1 atom stereocenters. The van der Waals surface area contributed by atoms with E-state index in [1.807, 2.05) is 38.1 Å². The highest BCUT2D eigenvalue weighted by atomic mass is 16.6. The number of aryl methyl sites for hydroxylation is 1. The number of hydrogen-bond acceptors (Lipinski definition) is 7. The standard InChI is InChI=1S/C22H28N2O6/c1-15(2)27-9-10-28-17-3-4-19-16(11-17)5-6-24-20(19)12-21(23-22(24)25)30-14-18-13-26-7-8-29-18/h3-4,11-12,15,18H,5-10,13-14H2,1-2H3/t18-/m1/s1. The van der Waals surface area contributed by atoms with Crippen molar-refractivity contribution in [3.63, 3.8) is 0 Å². The van der Waals surface area contributed by atoms with Crippen molar-refractivity contribution in [2.24, 2.45) is 0 Å². The molecule has 0 bridgehead atoms. The summed E-state index contributed by atoms with van der Waals surface area (Å²) in [4.78, 5) is 16.6. The average molecular weight is 416 g/mol. The van der Waals surface area contributed by atoms with Crippen LogP contribution in [-0.4, -0.2) is 61.4 Å². The molecule has 0 N–H and O–H groups in total. The smallest absolute Gasteiger partial charge is 0.351 e. The van der Waals surface area contributed by atoms with E-state index >= 15 is 0 Å².